The molecule has 88 valence electrons. The predicted molar refractivity (Wildman–Crippen MR) is 65.9 cm³/mol. The van der Waals surface area contributed by atoms with E-state index in [1.807, 2.05) is 6.92 Å². The summed E-state index contributed by atoms with van der Waals surface area (Å²) < 4.78 is 5.65. The Morgan fingerprint density at radius 1 is 1.56 bits per heavy atom. The molecule has 0 amide bonds. The van der Waals surface area contributed by atoms with Crippen molar-refractivity contribution in [3.8, 4) is 0 Å². The third kappa shape index (κ3) is 2.71. The topological polar surface area (TPSA) is 26.3 Å². The first-order valence-corrected chi connectivity index (χ1v) is 6.83. The first-order valence-electron chi connectivity index (χ1n) is 5.89. The molecule has 2 nitrogen and oxygen atoms in total. The van der Waals surface area contributed by atoms with Gasteiger partial charge in [-0.05, 0) is 55.0 Å². The number of carbonyl (C=O) groups is 1. The second-order valence-electron chi connectivity index (χ2n) is 4.59. The Labute approximate surface area is 101 Å². The normalized spacial score (nSPS) is 25.6. The number of ketones is 1. The van der Waals surface area contributed by atoms with E-state index in [-0.39, 0.29) is 5.78 Å². The molecule has 16 heavy (non-hydrogen) atoms. The first-order chi connectivity index (χ1) is 7.71. The van der Waals surface area contributed by atoms with E-state index in [0.717, 1.165) is 32.3 Å². The summed E-state index contributed by atoms with van der Waals surface area (Å²) in [5.41, 5.74) is 0.756. The molecule has 0 saturated carbocycles. The van der Waals surface area contributed by atoms with Gasteiger partial charge in [0.05, 0.1) is 0 Å². The van der Waals surface area contributed by atoms with Crippen molar-refractivity contribution in [1.82, 2.24) is 0 Å². The lowest BCUT2D eigenvalue weighted by Crippen LogP contribution is -2.41. The summed E-state index contributed by atoms with van der Waals surface area (Å²) in [6.45, 7) is 2.68. The average Bonchev–Trinajstić information content (AvgIpc) is 2.79. The molecule has 0 radical (unpaired) electrons. The van der Waals surface area contributed by atoms with Gasteiger partial charge in [0.1, 0.15) is 5.60 Å². The number of ether oxygens (including phenoxy) is 1. The van der Waals surface area contributed by atoms with Crippen molar-refractivity contribution in [2.24, 2.45) is 0 Å². The van der Waals surface area contributed by atoms with Crippen molar-refractivity contribution >= 4 is 17.1 Å². The Balaban J connectivity index is 1.87. The minimum Gasteiger partial charge on any atom is -0.368 e. The molecule has 0 aliphatic carbocycles. The lowest BCUT2D eigenvalue weighted by Gasteiger charge is -2.32. The number of hydrogen-bond acceptors (Lipinski definition) is 3. The highest BCUT2D eigenvalue weighted by Gasteiger charge is 2.34. The third-order valence-corrected chi connectivity index (χ3v) is 4.01. The van der Waals surface area contributed by atoms with Crippen LogP contribution in [0, 0.1) is 0 Å². The summed E-state index contributed by atoms with van der Waals surface area (Å²) in [6, 6.07) is 2.09. The summed E-state index contributed by atoms with van der Waals surface area (Å²) in [6.07, 6.45) is 4.54. The number of aryl methyl sites for hydroxylation is 1. The fourth-order valence-corrected chi connectivity index (χ4v) is 2.81. The molecule has 1 atom stereocenters. The van der Waals surface area contributed by atoms with E-state index in [1.165, 1.54) is 5.56 Å². The molecule has 2 heterocycles. The highest BCUT2D eigenvalue weighted by atomic mass is 32.1. The highest BCUT2D eigenvalue weighted by molar-refractivity contribution is 7.07. The van der Waals surface area contributed by atoms with E-state index >= 15 is 0 Å². The molecule has 1 saturated heterocycles. The number of carbonyl (C=O) groups excluding carboxylic acids is 1. The summed E-state index contributed by atoms with van der Waals surface area (Å²) in [5, 5.41) is 4.16. The standard InChI is InChI=1S/C13H18O2S/c1-13(7-2-3-8-15-13)12(14)5-4-11-6-9-16-10-11/h6,9-10H,2-5,7-8H2,1H3. The Morgan fingerprint density at radius 2 is 2.44 bits per heavy atom. The molecular formula is C13H18O2S. The van der Waals surface area contributed by atoms with E-state index in [9.17, 15) is 4.79 Å². The summed E-state index contributed by atoms with van der Waals surface area (Å²) >= 11 is 1.68. The number of hydrogen-bond donors (Lipinski definition) is 0. The van der Waals surface area contributed by atoms with Gasteiger partial charge in [-0.15, -0.1) is 0 Å². The lowest BCUT2D eigenvalue weighted by molar-refractivity contribution is -0.148. The van der Waals surface area contributed by atoms with Crippen molar-refractivity contribution in [2.75, 3.05) is 6.61 Å². The molecule has 1 aromatic rings. The van der Waals surface area contributed by atoms with E-state index in [1.54, 1.807) is 11.3 Å². The van der Waals surface area contributed by atoms with E-state index in [0.29, 0.717) is 6.42 Å². The molecule has 0 spiro atoms. The van der Waals surface area contributed by atoms with Gasteiger partial charge >= 0.3 is 0 Å². The maximum atomic E-state index is 12.1. The van der Waals surface area contributed by atoms with Gasteiger partial charge in [-0.3, -0.25) is 4.79 Å². The molecule has 1 aliphatic rings. The average molecular weight is 238 g/mol. The van der Waals surface area contributed by atoms with Crippen LogP contribution in [0.3, 0.4) is 0 Å². The monoisotopic (exact) mass is 238 g/mol. The minimum absolute atomic E-state index is 0.262. The van der Waals surface area contributed by atoms with E-state index in [2.05, 4.69) is 16.8 Å². The van der Waals surface area contributed by atoms with Crippen molar-refractivity contribution in [3.05, 3.63) is 22.4 Å². The zero-order valence-corrected chi connectivity index (χ0v) is 10.5. The summed E-state index contributed by atoms with van der Waals surface area (Å²) in [7, 11) is 0. The zero-order valence-electron chi connectivity index (χ0n) is 9.70. The fourth-order valence-electron chi connectivity index (χ4n) is 2.11. The number of rotatable bonds is 4. The quantitative estimate of drug-likeness (QED) is 0.805. The molecule has 1 aliphatic heterocycles. The van der Waals surface area contributed by atoms with Crippen LogP contribution < -0.4 is 0 Å². The van der Waals surface area contributed by atoms with Crippen LogP contribution in [0.25, 0.3) is 0 Å². The lowest BCUT2D eigenvalue weighted by atomic mass is 9.89. The summed E-state index contributed by atoms with van der Waals surface area (Å²) in [5.74, 6) is 0.262. The highest BCUT2D eigenvalue weighted by Crippen LogP contribution is 2.27. The maximum Gasteiger partial charge on any atom is 0.164 e. The molecule has 0 bridgehead atoms. The van der Waals surface area contributed by atoms with Gasteiger partial charge in [-0.2, -0.15) is 11.3 Å². The van der Waals surface area contributed by atoms with Crippen LogP contribution in [0.15, 0.2) is 16.8 Å². The van der Waals surface area contributed by atoms with Crippen LogP contribution in [0.4, 0.5) is 0 Å². The molecule has 2 rings (SSSR count). The fraction of sp³-hybridized carbons (Fsp3) is 0.615. The Morgan fingerprint density at radius 3 is 3.06 bits per heavy atom. The first kappa shape index (κ1) is 11.8. The van der Waals surface area contributed by atoms with Crippen LogP contribution >= 0.6 is 11.3 Å². The zero-order chi connectivity index (χ0) is 11.4. The van der Waals surface area contributed by atoms with Gasteiger partial charge in [-0.1, -0.05) is 0 Å². The SMILES string of the molecule is CC1(C(=O)CCc2ccsc2)CCCCO1. The van der Waals surface area contributed by atoms with Gasteiger partial charge in [0.2, 0.25) is 0 Å². The van der Waals surface area contributed by atoms with Gasteiger partial charge in [-0.25, -0.2) is 0 Å². The van der Waals surface area contributed by atoms with Crippen LogP contribution in [0.2, 0.25) is 0 Å². The van der Waals surface area contributed by atoms with E-state index in [4.69, 9.17) is 4.74 Å². The van der Waals surface area contributed by atoms with Crippen LogP contribution in [0.5, 0.6) is 0 Å². The van der Waals surface area contributed by atoms with Crippen molar-refractivity contribution in [3.63, 3.8) is 0 Å². The number of Topliss-reactive ketones (excluding diaryl/α,β-unsaturated/α-hetero) is 1. The van der Waals surface area contributed by atoms with Gasteiger partial charge in [0, 0.05) is 13.0 Å². The van der Waals surface area contributed by atoms with E-state index < -0.39 is 5.60 Å². The molecule has 3 heteroatoms. The Kier molecular flexibility index (Phi) is 3.77. The maximum absolute atomic E-state index is 12.1. The number of thiophene rings is 1. The van der Waals surface area contributed by atoms with Gasteiger partial charge in [0.15, 0.2) is 5.78 Å². The Bertz CT molecular complexity index is 337. The Hall–Kier alpha value is -0.670. The second-order valence-corrected chi connectivity index (χ2v) is 5.37. The van der Waals surface area contributed by atoms with Gasteiger partial charge in [0.25, 0.3) is 0 Å². The minimum atomic E-state index is -0.506. The molecular weight excluding hydrogens is 220 g/mol. The van der Waals surface area contributed by atoms with Crippen molar-refractivity contribution in [2.45, 2.75) is 44.6 Å². The predicted octanol–water partition coefficient (Wildman–Crippen LogP) is 3.21. The van der Waals surface area contributed by atoms with Gasteiger partial charge < -0.3 is 4.74 Å². The van der Waals surface area contributed by atoms with Crippen LogP contribution in [-0.2, 0) is 16.0 Å². The van der Waals surface area contributed by atoms with Crippen LogP contribution in [0.1, 0.15) is 38.2 Å². The summed E-state index contributed by atoms with van der Waals surface area (Å²) in [4.78, 5) is 12.1. The van der Waals surface area contributed by atoms with Crippen molar-refractivity contribution in [1.29, 1.82) is 0 Å². The molecule has 1 fully saturated rings. The van der Waals surface area contributed by atoms with Crippen LogP contribution in [-0.4, -0.2) is 18.0 Å². The third-order valence-electron chi connectivity index (χ3n) is 3.28. The smallest absolute Gasteiger partial charge is 0.164 e. The van der Waals surface area contributed by atoms with Crippen molar-refractivity contribution < 1.29 is 9.53 Å². The largest absolute Gasteiger partial charge is 0.368 e. The molecule has 0 N–H and O–H groups in total. The second kappa shape index (κ2) is 5.11. The molecule has 1 aromatic heterocycles. The molecule has 0 aromatic carbocycles. The molecule has 1 unspecified atom stereocenters.